The van der Waals surface area contributed by atoms with E-state index in [1.807, 2.05) is 0 Å². The molecule has 0 bridgehead atoms. The zero-order chi connectivity index (χ0) is 15.4. The standard InChI is InChI=1S/C14H21NO5/c1-4-12(16)15-9-5-6-10-19-13(17)7-8-14(18)20-11(2)3/h4,7-8,11H,1,5-6,9-10H2,2-3H3,(H,15,16)/b8-7+. The molecule has 0 unspecified atom stereocenters. The van der Waals surface area contributed by atoms with Crippen molar-refractivity contribution in [2.75, 3.05) is 13.2 Å². The van der Waals surface area contributed by atoms with Crippen LogP contribution in [0.4, 0.5) is 0 Å². The van der Waals surface area contributed by atoms with Gasteiger partial charge in [0, 0.05) is 18.7 Å². The number of rotatable bonds is 9. The molecule has 1 amide bonds. The second-order valence-corrected chi connectivity index (χ2v) is 4.19. The molecule has 0 heterocycles. The number of carbonyl (C=O) groups excluding carboxylic acids is 3. The highest BCUT2D eigenvalue weighted by molar-refractivity contribution is 5.91. The molecule has 0 saturated carbocycles. The predicted molar refractivity (Wildman–Crippen MR) is 73.8 cm³/mol. The van der Waals surface area contributed by atoms with Crippen molar-refractivity contribution in [1.82, 2.24) is 5.32 Å². The van der Waals surface area contributed by atoms with Gasteiger partial charge in [-0.25, -0.2) is 9.59 Å². The fourth-order valence-corrected chi connectivity index (χ4v) is 1.14. The minimum absolute atomic E-state index is 0.228. The number of hydrogen-bond donors (Lipinski definition) is 1. The minimum atomic E-state index is -0.596. The van der Waals surface area contributed by atoms with Crippen molar-refractivity contribution in [3.8, 4) is 0 Å². The summed E-state index contributed by atoms with van der Waals surface area (Å²) in [5.41, 5.74) is 0. The molecular weight excluding hydrogens is 262 g/mol. The molecule has 20 heavy (non-hydrogen) atoms. The maximum Gasteiger partial charge on any atom is 0.331 e. The smallest absolute Gasteiger partial charge is 0.331 e. The lowest BCUT2D eigenvalue weighted by Gasteiger charge is -2.04. The van der Waals surface area contributed by atoms with E-state index >= 15 is 0 Å². The summed E-state index contributed by atoms with van der Waals surface area (Å²) >= 11 is 0. The molecule has 0 aromatic rings. The maximum absolute atomic E-state index is 11.2. The summed E-state index contributed by atoms with van der Waals surface area (Å²) in [6.45, 7) is 7.49. The Bertz CT molecular complexity index is 374. The van der Waals surface area contributed by atoms with E-state index in [2.05, 4.69) is 11.9 Å². The number of nitrogens with one attached hydrogen (secondary N) is 1. The van der Waals surface area contributed by atoms with Gasteiger partial charge < -0.3 is 14.8 Å². The van der Waals surface area contributed by atoms with Gasteiger partial charge in [-0.15, -0.1) is 0 Å². The third-order valence-corrected chi connectivity index (χ3v) is 2.01. The molecule has 6 nitrogen and oxygen atoms in total. The summed E-state index contributed by atoms with van der Waals surface area (Å²) < 4.78 is 9.67. The van der Waals surface area contributed by atoms with Crippen LogP contribution >= 0.6 is 0 Å². The third-order valence-electron chi connectivity index (χ3n) is 2.01. The third kappa shape index (κ3) is 11.0. The van der Waals surface area contributed by atoms with Gasteiger partial charge in [-0.05, 0) is 32.8 Å². The molecule has 0 spiro atoms. The maximum atomic E-state index is 11.2. The molecule has 6 heteroatoms. The van der Waals surface area contributed by atoms with E-state index < -0.39 is 11.9 Å². The second kappa shape index (κ2) is 10.8. The number of amides is 1. The normalized spacial score (nSPS) is 10.3. The zero-order valence-corrected chi connectivity index (χ0v) is 11.9. The number of ether oxygens (including phenoxy) is 2. The molecule has 0 aromatic carbocycles. The van der Waals surface area contributed by atoms with Crippen molar-refractivity contribution in [3.05, 3.63) is 24.8 Å². The number of esters is 2. The topological polar surface area (TPSA) is 81.7 Å². The van der Waals surface area contributed by atoms with E-state index in [9.17, 15) is 14.4 Å². The molecule has 112 valence electrons. The van der Waals surface area contributed by atoms with Crippen LogP contribution in [0.1, 0.15) is 26.7 Å². The van der Waals surface area contributed by atoms with E-state index in [1.165, 1.54) is 6.08 Å². The Kier molecular flexibility index (Phi) is 9.64. The van der Waals surface area contributed by atoms with Crippen LogP contribution in [-0.2, 0) is 23.9 Å². The Balaban J connectivity index is 3.63. The second-order valence-electron chi connectivity index (χ2n) is 4.19. The minimum Gasteiger partial charge on any atom is -0.463 e. The molecule has 0 rings (SSSR count). The van der Waals surface area contributed by atoms with Crippen molar-refractivity contribution in [2.45, 2.75) is 32.8 Å². The van der Waals surface area contributed by atoms with Gasteiger partial charge >= 0.3 is 11.9 Å². The Hall–Kier alpha value is -2.11. The van der Waals surface area contributed by atoms with Gasteiger partial charge in [-0.2, -0.15) is 0 Å². The Morgan fingerprint density at radius 3 is 2.40 bits per heavy atom. The van der Waals surface area contributed by atoms with Gasteiger partial charge in [0.1, 0.15) is 0 Å². The quantitative estimate of drug-likeness (QED) is 0.389. The average Bonchev–Trinajstić information content (AvgIpc) is 2.39. The van der Waals surface area contributed by atoms with Crippen molar-refractivity contribution >= 4 is 17.8 Å². The largest absolute Gasteiger partial charge is 0.463 e. The lowest BCUT2D eigenvalue weighted by Crippen LogP contribution is -2.22. The first-order valence-corrected chi connectivity index (χ1v) is 6.41. The average molecular weight is 283 g/mol. The van der Waals surface area contributed by atoms with Gasteiger partial charge in [0.25, 0.3) is 0 Å². The molecule has 0 fully saturated rings. The zero-order valence-electron chi connectivity index (χ0n) is 11.9. The van der Waals surface area contributed by atoms with Gasteiger partial charge in [-0.3, -0.25) is 4.79 Å². The molecule has 0 radical (unpaired) electrons. The van der Waals surface area contributed by atoms with Crippen LogP contribution in [0, 0.1) is 0 Å². The fraction of sp³-hybridized carbons (Fsp3) is 0.500. The summed E-state index contributed by atoms with van der Waals surface area (Å²) in [5.74, 6) is -1.40. The summed E-state index contributed by atoms with van der Waals surface area (Å²) in [6, 6.07) is 0. The van der Waals surface area contributed by atoms with Crippen molar-refractivity contribution in [3.63, 3.8) is 0 Å². The first-order valence-electron chi connectivity index (χ1n) is 6.41. The highest BCUT2D eigenvalue weighted by atomic mass is 16.5. The lowest BCUT2D eigenvalue weighted by atomic mass is 10.3. The van der Waals surface area contributed by atoms with E-state index in [-0.39, 0.29) is 18.6 Å². The van der Waals surface area contributed by atoms with Gasteiger partial charge in [0.2, 0.25) is 5.91 Å². The molecule has 0 atom stereocenters. The molecule has 0 aliphatic heterocycles. The SMILES string of the molecule is C=CC(=O)NCCCCOC(=O)/C=C/C(=O)OC(C)C. The summed E-state index contributed by atoms with van der Waals surface area (Å²) in [5, 5.41) is 2.61. The molecule has 1 N–H and O–H groups in total. The van der Waals surface area contributed by atoms with Crippen LogP contribution in [0.25, 0.3) is 0 Å². The van der Waals surface area contributed by atoms with Gasteiger partial charge in [0.15, 0.2) is 0 Å². The Morgan fingerprint density at radius 2 is 1.80 bits per heavy atom. The Morgan fingerprint density at radius 1 is 1.15 bits per heavy atom. The van der Waals surface area contributed by atoms with Crippen molar-refractivity contribution in [1.29, 1.82) is 0 Å². The van der Waals surface area contributed by atoms with Gasteiger partial charge in [0.05, 0.1) is 12.7 Å². The molecular formula is C14H21NO5. The molecule has 0 saturated heterocycles. The van der Waals surface area contributed by atoms with E-state index in [0.29, 0.717) is 19.4 Å². The number of unbranched alkanes of at least 4 members (excludes halogenated alkanes) is 1. The summed E-state index contributed by atoms with van der Waals surface area (Å²) in [7, 11) is 0. The van der Waals surface area contributed by atoms with Crippen molar-refractivity contribution < 1.29 is 23.9 Å². The van der Waals surface area contributed by atoms with E-state index in [1.54, 1.807) is 13.8 Å². The van der Waals surface area contributed by atoms with Crippen LogP contribution in [-0.4, -0.2) is 37.1 Å². The molecule has 0 aromatic heterocycles. The highest BCUT2D eigenvalue weighted by Gasteiger charge is 2.02. The first kappa shape index (κ1) is 17.9. The Labute approximate surface area is 118 Å². The highest BCUT2D eigenvalue weighted by Crippen LogP contribution is 1.93. The number of hydrogen-bond acceptors (Lipinski definition) is 5. The van der Waals surface area contributed by atoms with Crippen molar-refractivity contribution in [2.24, 2.45) is 0 Å². The predicted octanol–water partition coefficient (Wildman–Crippen LogP) is 1.12. The van der Waals surface area contributed by atoms with E-state index in [0.717, 1.165) is 12.2 Å². The summed E-state index contributed by atoms with van der Waals surface area (Å²) in [4.78, 5) is 33.1. The van der Waals surface area contributed by atoms with Crippen LogP contribution in [0.15, 0.2) is 24.8 Å². The van der Waals surface area contributed by atoms with Crippen LogP contribution < -0.4 is 5.32 Å². The molecule has 0 aliphatic rings. The lowest BCUT2D eigenvalue weighted by molar-refractivity contribution is -0.142. The fourth-order valence-electron chi connectivity index (χ4n) is 1.14. The van der Waals surface area contributed by atoms with Gasteiger partial charge in [-0.1, -0.05) is 6.58 Å². The first-order chi connectivity index (χ1) is 9.45. The van der Waals surface area contributed by atoms with E-state index in [4.69, 9.17) is 9.47 Å². The monoisotopic (exact) mass is 283 g/mol. The van der Waals surface area contributed by atoms with Crippen LogP contribution in [0.5, 0.6) is 0 Å². The number of carbonyl (C=O) groups is 3. The van der Waals surface area contributed by atoms with Crippen LogP contribution in [0.2, 0.25) is 0 Å². The molecule has 0 aliphatic carbocycles. The summed E-state index contributed by atoms with van der Waals surface area (Å²) in [6.07, 6.45) is 4.34. The van der Waals surface area contributed by atoms with Crippen LogP contribution in [0.3, 0.4) is 0 Å².